The highest BCUT2D eigenvalue weighted by molar-refractivity contribution is 5.68. The molecular formula is C15H25NO3. The van der Waals surface area contributed by atoms with Crippen LogP contribution in [0.4, 0.5) is 4.79 Å². The lowest BCUT2D eigenvalue weighted by molar-refractivity contribution is -0.112. The van der Waals surface area contributed by atoms with Crippen molar-refractivity contribution in [1.82, 2.24) is 4.90 Å². The molecule has 2 aliphatic rings. The molecule has 108 valence electrons. The molecule has 4 heteroatoms. The van der Waals surface area contributed by atoms with Gasteiger partial charge < -0.3 is 14.4 Å². The first-order valence-corrected chi connectivity index (χ1v) is 7.28. The van der Waals surface area contributed by atoms with Crippen molar-refractivity contribution in [2.75, 3.05) is 13.1 Å². The van der Waals surface area contributed by atoms with E-state index in [1.807, 2.05) is 20.8 Å². The van der Waals surface area contributed by atoms with Crippen LogP contribution in [0.1, 0.15) is 52.9 Å². The van der Waals surface area contributed by atoms with Crippen molar-refractivity contribution in [3.63, 3.8) is 0 Å². The van der Waals surface area contributed by atoms with E-state index in [9.17, 15) is 9.59 Å². The van der Waals surface area contributed by atoms with Crippen LogP contribution >= 0.6 is 0 Å². The number of carbonyl (C=O) groups is 2. The number of rotatable bonds is 3. The van der Waals surface area contributed by atoms with E-state index in [2.05, 4.69) is 0 Å². The molecule has 0 unspecified atom stereocenters. The molecule has 0 aromatic carbocycles. The number of nitrogens with zero attached hydrogens (tertiary/aromatic N) is 1. The van der Waals surface area contributed by atoms with Crippen LogP contribution in [0.3, 0.4) is 0 Å². The maximum atomic E-state index is 11.9. The molecule has 1 aliphatic carbocycles. The number of likely N-dealkylation sites (tertiary alicyclic amines) is 1. The largest absolute Gasteiger partial charge is 0.444 e. The van der Waals surface area contributed by atoms with Gasteiger partial charge in [0, 0.05) is 18.5 Å². The second-order valence-corrected chi connectivity index (χ2v) is 7.10. The molecule has 2 fully saturated rings. The van der Waals surface area contributed by atoms with Crippen LogP contribution in [0, 0.1) is 11.3 Å². The summed E-state index contributed by atoms with van der Waals surface area (Å²) in [6.45, 7) is 7.18. The number of hydrogen-bond acceptors (Lipinski definition) is 3. The molecule has 1 amide bonds. The lowest BCUT2D eigenvalue weighted by Crippen LogP contribution is -2.42. The van der Waals surface area contributed by atoms with E-state index in [1.54, 1.807) is 4.90 Å². The molecule has 0 aromatic rings. The van der Waals surface area contributed by atoms with Gasteiger partial charge in [0.1, 0.15) is 11.9 Å². The smallest absolute Gasteiger partial charge is 0.410 e. The fourth-order valence-corrected chi connectivity index (χ4v) is 2.75. The Morgan fingerprint density at radius 3 is 2.32 bits per heavy atom. The Morgan fingerprint density at radius 1 is 1.32 bits per heavy atom. The summed E-state index contributed by atoms with van der Waals surface area (Å²) in [5.41, 5.74) is -0.428. The quantitative estimate of drug-likeness (QED) is 0.738. The van der Waals surface area contributed by atoms with Crippen LogP contribution in [0.25, 0.3) is 0 Å². The first-order valence-electron chi connectivity index (χ1n) is 7.28. The summed E-state index contributed by atoms with van der Waals surface area (Å²) < 4.78 is 5.38. The van der Waals surface area contributed by atoms with Crippen molar-refractivity contribution in [2.24, 2.45) is 11.3 Å². The van der Waals surface area contributed by atoms with Gasteiger partial charge in [-0.15, -0.1) is 0 Å². The zero-order valence-electron chi connectivity index (χ0n) is 12.3. The van der Waals surface area contributed by atoms with Crippen molar-refractivity contribution in [2.45, 2.75) is 58.5 Å². The van der Waals surface area contributed by atoms with E-state index in [1.165, 1.54) is 0 Å². The summed E-state index contributed by atoms with van der Waals surface area (Å²) in [4.78, 5) is 24.7. The predicted octanol–water partition coefficient (Wildman–Crippen LogP) is 3.00. The minimum Gasteiger partial charge on any atom is -0.444 e. The van der Waals surface area contributed by atoms with Crippen molar-refractivity contribution in [1.29, 1.82) is 0 Å². The second-order valence-electron chi connectivity index (χ2n) is 7.10. The van der Waals surface area contributed by atoms with Crippen LogP contribution in [0.5, 0.6) is 0 Å². The van der Waals surface area contributed by atoms with Gasteiger partial charge in [-0.1, -0.05) is 0 Å². The van der Waals surface area contributed by atoms with Crippen molar-refractivity contribution < 1.29 is 14.3 Å². The van der Waals surface area contributed by atoms with E-state index >= 15 is 0 Å². The van der Waals surface area contributed by atoms with Crippen LogP contribution < -0.4 is 0 Å². The van der Waals surface area contributed by atoms with E-state index < -0.39 is 5.60 Å². The van der Waals surface area contributed by atoms with Crippen LogP contribution in [-0.2, 0) is 9.53 Å². The van der Waals surface area contributed by atoms with Crippen molar-refractivity contribution >= 4 is 12.4 Å². The van der Waals surface area contributed by atoms with E-state index in [0.29, 0.717) is 5.92 Å². The Bertz CT molecular complexity index is 347. The summed E-state index contributed by atoms with van der Waals surface area (Å²) >= 11 is 0. The first-order chi connectivity index (χ1) is 8.84. The molecular weight excluding hydrogens is 242 g/mol. The number of aldehydes is 1. The Kier molecular flexibility index (Phi) is 3.88. The van der Waals surface area contributed by atoms with Gasteiger partial charge in [-0.25, -0.2) is 4.79 Å². The highest BCUT2D eigenvalue weighted by Gasteiger charge is 2.44. The molecule has 2 rings (SSSR count). The van der Waals surface area contributed by atoms with Gasteiger partial charge in [0.2, 0.25) is 0 Å². The third kappa shape index (κ3) is 3.95. The highest BCUT2D eigenvalue weighted by atomic mass is 16.6. The van der Waals surface area contributed by atoms with E-state index in [4.69, 9.17) is 4.74 Å². The van der Waals surface area contributed by atoms with Gasteiger partial charge in [-0.2, -0.15) is 0 Å². The molecule has 1 aliphatic heterocycles. The molecule has 0 bridgehead atoms. The fourth-order valence-electron chi connectivity index (χ4n) is 2.75. The normalized spacial score (nSPS) is 23.0. The Balaban J connectivity index is 1.76. The molecule has 1 saturated heterocycles. The zero-order chi connectivity index (χ0) is 14.1. The van der Waals surface area contributed by atoms with Crippen LogP contribution in [-0.4, -0.2) is 36.0 Å². The number of amides is 1. The monoisotopic (exact) mass is 267 g/mol. The molecule has 1 saturated carbocycles. The average molecular weight is 267 g/mol. The van der Waals surface area contributed by atoms with Crippen molar-refractivity contribution in [3.8, 4) is 0 Å². The second kappa shape index (κ2) is 5.14. The maximum Gasteiger partial charge on any atom is 0.410 e. The first kappa shape index (κ1) is 14.4. The van der Waals surface area contributed by atoms with E-state index in [-0.39, 0.29) is 11.5 Å². The lowest BCUT2D eigenvalue weighted by atomic mass is 9.86. The lowest BCUT2D eigenvalue weighted by Gasteiger charge is -2.34. The van der Waals surface area contributed by atoms with Gasteiger partial charge in [-0.05, 0) is 58.8 Å². The Hall–Kier alpha value is -1.06. The van der Waals surface area contributed by atoms with Gasteiger partial charge in [0.05, 0.1) is 0 Å². The molecule has 1 heterocycles. The topological polar surface area (TPSA) is 46.6 Å². The molecule has 0 aromatic heterocycles. The minimum atomic E-state index is -0.427. The van der Waals surface area contributed by atoms with Crippen molar-refractivity contribution in [3.05, 3.63) is 0 Å². The maximum absolute atomic E-state index is 11.9. The van der Waals surface area contributed by atoms with Gasteiger partial charge in [0.25, 0.3) is 0 Å². The summed E-state index contributed by atoms with van der Waals surface area (Å²) in [5, 5.41) is 0. The number of ether oxygens (including phenoxy) is 1. The summed E-state index contributed by atoms with van der Waals surface area (Å²) in [5.74, 6) is 0.589. The van der Waals surface area contributed by atoms with Gasteiger partial charge in [-0.3, -0.25) is 0 Å². The minimum absolute atomic E-state index is 0.00123. The number of carbonyl (C=O) groups excluding carboxylic acids is 2. The molecule has 0 N–H and O–H groups in total. The zero-order valence-corrected chi connectivity index (χ0v) is 12.3. The van der Waals surface area contributed by atoms with Crippen LogP contribution in [0.15, 0.2) is 0 Å². The third-order valence-corrected chi connectivity index (χ3v) is 4.10. The standard InChI is InChI=1S/C15H25NO3/c1-14(2,3)19-13(18)16-8-4-12(5-9-16)10-15(11-17)6-7-15/h11-12H,4-10H2,1-3H3. The fraction of sp³-hybridized carbons (Fsp3) is 0.867. The summed E-state index contributed by atoms with van der Waals surface area (Å²) in [6, 6.07) is 0. The number of hydrogen-bond donors (Lipinski definition) is 0. The average Bonchev–Trinajstić information content (AvgIpc) is 3.08. The number of piperidine rings is 1. The van der Waals surface area contributed by atoms with Crippen LogP contribution in [0.2, 0.25) is 0 Å². The van der Waals surface area contributed by atoms with Gasteiger partial charge in [0.15, 0.2) is 0 Å². The van der Waals surface area contributed by atoms with Gasteiger partial charge >= 0.3 is 6.09 Å². The summed E-state index contributed by atoms with van der Waals surface area (Å²) in [6.07, 6.45) is 6.06. The Morgan fingerprint density at radius 2 is 1.89 bits per heavy atom. The molecule has 0 atom stereocenters. The predicted molar refractivity (Wildman–Crippen MR) is 72.9 cm³/mol. The molecule has 0 spiro atoms. The SMILES string of the molecule is CC(C)(C)OC(=O)N1CCC(CC2(C=O)CC2)CC1. The highest BCUT2D eigenvalue weighted by Crippen LogP contribution is 2.50. The Labute approximate surface area is 115 Å². The summed E-state index contributed by atoms with van der Waals surface area (Å²) in [7, 11) is 0. The molecule has 19 heavy (non-hydrogen) atoms. The third-order valence-electron chi connectivity index (χ3n) is 4.10. The molecule has 4 nitrogen and oxygen atoms in total. The van der Waals surface area contributed by atoms with E-state index in [0.717, 1.165) is 51.5 Å². The molecule has 0 radical (unpaired) electrons.